The second kappa shape index (κ2) is 6.75. The second-order valence-corrected chi connectivity index (χ2v) is 3.84. The minimum atomic E-state index is -0.434. The third-order valence-electron chi connectivity index (χ3n) is 2.72. The Labute approximate surface area is 154 Å². The molecular weight excluding hydrogens is 302 g/mol. The standard InChI is InChI=1S/C13H13N2O2.Rb/c1-3-10-8-11(5-4-9(10)2)15-7-6-12(16)14-13(15)17;/h5-8H,3H2,1-2H3,(H,14,16,17);/q-1;+1. The van der Waals surface area contributed by atoms with Crippen molar-refractivity contribution in [3.05, 3.63) is 62.4 Å². The summed E-state index contributed by atoms with van der Waals surface area (Å²) in [4.78, 5) is 24.8. The molecular formula is C13H13N2O2Rb. The molecule has 4 nitrogen and oxygen atoms in total. The summed E-state index contributed by atoms with van der Waals surface area (Å²) < 4.78 is 1.40. The zero-order valence-corrected chi connectivity index (χ0v) is 15.7. The molecule has 0 aliphatic rings. The molecule has 0 amide bonds. The molecule has 2 rings (SSSR count). The van der Waals surface area contributed by atoms with E-state index < -0.39 is 11.2 Å². The van der Waals surface area contributed by atoms with Crippen LogP contribution >= 0.6 is 0 Å². The molecule has 2 aromatic rings. The monoisotopic (exact) mass is 314 g/mol. The van der Waals surface area contributed by atoms with Gasteiger partial charge in [0.2, 0.25) is 0 Å². The molecule has 0 aliphatic heterocycles. The van der Waals surface area contributed by atoms with E-state index in [2.05, 4.69) is 18.0 Å². The van der Waals surface area contributed by atoms with Gasteiger partial charge in [-0.2, -0.15) is 23.3 Å². The normalized spacial score (nSPS) is 9.89. The summed E-state index contributed by atoms with van der Waals surface area (Å²) in [6.07, 6.45) is 2.35. The smallest absolute Gasteiger partial charge is 0.324 e. The van der Waals surface area contributed by atoms with Crippen molar-refractivity contribution in [1.82, 2.24) is 9.55 Å². The van der Waals surface area contributed by atoms with E-state index in [1.54, 1.807) is 6.07 Å². The second-order valence-electron chi connectivity index (χ2n) is 3.84. The molecule has 0 saturated heterocycles. The number of hydrogen-bond donors (Lipinski definition) is 1. The van der Waals surface area contributed by atoms with Crippen molar-refractivity contribution in [3.8, 4) is 5.69 Å². The minimum Gasteiger partial charge on any atom is -0.324 e. The summed E-state index contributed by atoms with van der Waals surface area (Å²) >= 11 is 0. The van der Waals surface area contributed by atoms with Gasteiger partial charge in [0.15, 0.2) is 0 Å². The maximum Gasteiger partial charge on any atom is 1.00 e. The number of benzene rings is 1. The van der Waals surface area contributed by atoms with Gasteiger partial charge < -0.3 is 4.57 Å². The van der Waals surface area contributed by atoms with Gasteiger partial charge in [-0.15, -0.1) is 6.07 Å². The zero-order valence-electron chi connectivity index (χ0n) is 10.8. The largest absolute Gasteiger partial charge is 1.00 e. The van der Waals surface area contributed by atoms with E-state index in [1.165, 1.54) is 16.8 Å². The maximum absolute atomic E-state index is 11.6. The van der Waals surface area contributed by atoms with Crippen LogP contribution in [0.1, 0.15) is 18.1 Å². The molecule has 18 heavy (non-hydrogen) atoms. The van der Waals surface area contributed by atoms with Gasteiger partial charge in [-0.1, -0.05) is 26.0 Å². The topological polar surface area (TPSA) is 54.9 Å². The van der Waals surface area contributed by atoms with Crippen LogP contribution in [0.25, 0.3) is 5.69 Å². The Balaban J connectivity index is 0.00000162. The van der Waals surface area contributed by atoms with Crippen molar-refractivity contribution >= 4 is 0 Å². The maximum atomic E-state index is 11.6. The summed E-state index contributed by atoms with van der Waals surface area (Å²) in [6.45, 7) is 4.04. The molecule has 0 unspecified atom stereocenters. The van der Waals surface area contributed by atoms with Gasteiger partial charge >= 0.3 is 63.9 Å². The molecule has 0 aliphatic carbocycles. The number of hydrogen-bond acceptors (Lipinski definition) is 2. The zero-order chi connectivity index (χ0) is 12.4. The first-order valence-electron chi connectivity index (χ1n) is 5.45. The summed E-state index contributed by atoms with van der Waals surface area (Å²) in [5, 5.41) is 0. The Morgan fingerprint density at radius 3 is 2.72 bits per heavy atom. The molecule has 0 fully saturated rings. The molecule has 0 atom stereocenters. The predicted molar refractivity (Wildman–Crippen MR) is 65.6 cm³/mol. The molecule has 1 aromatic heterocycles. The van der Waals surface area contributed by atoms with Gasteiger partial charge in [0.25, 0.3) is 5.56 Å². The third kappa shape index (κ3) is 3.38. The van der Waals surface area contributed by atoms with E-state index in [4.69, 9.17) is 0 Å². The van der Waals surface area contributed by atoms with Crippen LogP contribution in [0.5, 0.6) is 0 Å². The van der Waals surface area contributed by atoms with Crippen LogP contribution in [0.2, 0.25) is 0 Å². The summed E-state index contributed by atoms with van der Waals surface area (Å²) in [5.74, 6) is 0. The van der Waals surface area contributed by atoms with Gasteiger partial charge in [0.05, 0.1) is 0 Å². The van der Waals surface area contributed by atoms with E-state index in [-0.39, 0.29) is 58.2 Å². The Bertz CT molecular complexity index is 659. The van der Waals surface area contributed by atoms with Crippen LogP contribution in [-0.4, -0.2) is 9.55 Å². The molecule has 0 bridgehead atoms. The number of H-pyrrole nitrogens is 1. The van der Waals surface area contributed by atoms with Crippen molar-refractivity contribution in [2.75, 3.05) is 0 Å². The van der Waals surface area contributed by atoms with E-state index in [1.807, 2.05) is 13.0 Å². The van der Waals surface area contributed by atoms with Crippen molar-refractivity contribution in [1.29, 1.82) is 0 Å². The van der Waals surface area contributed by atoms with Gasteiger partial charge in [0, 0.05) is 12.3 Å². The fourth-order valence-electron chi connectivity index (χ4n) is 1.73. The summed E-state index contributed by atoms with van der Waals surface area (Å²) in [6, 6.07) is 8.11. The molecule has 1 heterocycles. The van der Waals surface area contributed by atoms with Crippen LogP contribution in [0, 0.1) is 13.0 Å². The molecule has 5 heteroatoms. The fraction of sp³-hybridized carbons (Fsp3) is 0.231. The molecule has 0 radical (unpaired) electrons. The van der Waals surface area contributed by atoms with Gasteiger partial charge in [-0.25, -0.2) is 4.79 Å². The Morgan fingerprint density at radius 1 is 1.39 bits per heavy atom. The first-order valence-corrected chi connectivity index (χ1v) is 5.45. The quantitative estimate of drug-likeness (QED) is 0.665. The SMILES string of the molecule is CCc1cc(-n2ccc(=O)[nH]c2=O)c[c-]c1C.[Rb+]. The molecule has 88 valence electrons. The van der Waals surface area contributed by atoms with Crippen LogP contribution in [0.15, 0.2) is 34.0 Å². The van der Waals surface area contributed by atoms with Crippen LogP contribution in [-0.2, 0) is 6.42 Å². The molecule has 0 spiro atoms. The van der Waals surface area contributed by atoms with E-state index in [0.717, 1.165) is 17.5 Å². The predicted octanol–water partition coefficient (Wildman–Crippen LogP) is -1.80. The average Bonchev–Trinajstić information content (AvgIpc) is 2.30. The third-order valence-corrected chi connectivity index (χ3v) is 2.72. The fourth-order valence-corrected chi connectivity index (χ4v) is 1.73. The Morgan fingerprint density at radius 2 is 2.11 bits per heavy atom. The first kappa shape index (κ1) is 15.8. The van der Waals surface area contributed by atoms with Gasteiger partial charge in [-0.3, -0.25) is 9.78 Å². The number of aryl methyl sites for hydroxylation is 2. The van der Waals surface area contributed by atoms with Crippen molar-refractivity contribution in [3.63, 3.8) is 0 Å². The van der Waals surface area contributed by atoms with Crippen LogP contribution in [0.3, 0.4) is 0 Å². The van der Waals surface area contributed by atoms with Crippen LogP contribution in [0.4, 0.5) is 0 Å². The van der Waals surface area contributed by atoms with Crippen molar-refractivity contribution < 1.29 is 58.2 Å². The van der Waals surface area contributed by atoms with E-state index >= 15 is 0 Å². The number of aromatic nitrogens is 2. The van der Waals surface area contributed by atoms with Crippen molar-refractivity contribution in [2.24, 2.45) is 0 Å². The number of nitrogens with zero attached hydrogens (tertiary/aromatic N) is 1. The number of aromatic amines is 1. The summed E-state index contributed by atoms with van der Waals surface area (Å²) in [5.41, 5.74) is 2.11. The van der Waals surface area contributed by atoms with Gasteiger partial charge in [-0.05, 0) is 0 Å². The van der Waals surface area contributed by atoms with E-state index in [9.17, 15) is 9.59 Å². The first-order chi connectivity index (χ1) is 8.11. The van der Waals surface area contributed by atoms with Gasteiger partial charge in [0.1, 0.15) is 0 Å². The Hall–Kier alpha value is -0.295. The average molecular weight is 315 g/mol. The molecule has 1 N–H and O–H groups in total. The van der Waals surface area contributed by atoms with Crippen LogP contribution < -0.4 is 69.4 Å². The minimum absolute atomic E-state index is 0. The number of nitrogens with one attached hydrogen (secondary N) is 1. The number of rotatable bonds is 2. The Kier molecular flexibility index (Phi) is 5.91. The molecule has 1 aromatic carbocycles. The van der Waals surface area contributed by atoms with E-state index in [0.29, 0.717) is 5.69 Å². The summed E-state index contributed by atoms with van der Waals surface area (Å²) in [7, 11) is 0. The molecule has 0 saturated carbocycles. The van der Waals surface area contributed by atoms with Crippen molar-refractivity contribution in [2.45, 2.75) is 20.3 Å².